The molecule has 0 amide bonds. The van der Waals surface area contributed by atoms with Gasteiger partial charge in [-0.15, -0.1) is 5.10 Å². The molecule has 0 spiro atoms. The van der Waals surface area contributed by atoms with Gasteiger partial charge in [-0.1, -0.05) is 12.1 Å². The summed E-state index contributed by atoms with van der Waals surface area (Å²) in [6.07, 6.45) is 4.77. The zero-order valence-corrected chi connectivity index (χ0v) is 20.2. The van der Waals surface area contributed by atoms with Gasteiger partial charge >= 0.3 is 0 Å². The monoisotopic (exact) mass is 488 g/mol. The topological polar surface area (TPSA) is 114 Å². The van der Waals surface area contributed by atoms with Crippen LogP contribution in [0.25, 0.3) is 28.1 Å². The molecule has 0 unspecified atom stereocenters. The molecule has 5 rings (SSSR count). The van der Waals surface area contributed by atoms with E-state index in [9.17, 15) is 8.42 Å². The number of hydrogen-bond acceptors (Lipinski definition) is 7. The zero-order chi connectivity index (χ0) is 24.6. The van der Waals surface area contributed by atoms with Crippen LogP contribution in [0.2, 0.25) is 0 Å². The summed E-state index contributed by atoms with van der Waals surface area (Å²) in [5.41, 5.74) is 3.39. The SMILES string of the molecule is CC(C)(C)NS(=O)(=O)c1cccc(-c2ccc3cnc(Nc4ccc(-c5cnco5)cc4)nn23)c1. The average molecular weight is 489 g/mol. The number of sulfonamides is 1. The van der Waals surface area contributed by atoms with Crippen molar-refractivity contribution in [2.75, 3.05) is 5.32 Å². The number of benzene rings is 2. The Kier molecular flexibility index (Phi) is 5.62. The third-order valence-corrected chi connectivity index (χ3v) is 6.89. The lowest BCUT2D eigenvalue weighted by molar-refractivity contribution is 0.491. The highest BCUT2D eigenvalue weighted by Gasteiger charge is 2.22. The van der Waals surface area contributed by atoms with E-state index in [2.05, 4.69) is 25.1 Å². The van der Waals surface area contributed by atoms with E-state index in [-0.39, 0.29) is 4.90 Å². The molecule has 10 heteroatoms. The first-order chi connectivity index (χ1) is 16.7. The molecule has 0 aliphatic rings. The van der Waals surface area contributed by atoms with Crippen molar-refractivity contribution in [3.8, 4) is 22.6 Å². The van der Waals surface area contributed by atoms with Crippen LogP contribution in [0.3, 0.4) is 0 Å². The summed E-state index contributed by atoms with van der Waals surface area (Å²) in [5.74, 6) is 1.09. The van der Waals surface area contributed by atoms with Gasteiger partial charge in [0.1, 0.15) is 0 Å². The van der Waals surface area contributed by atoms with Crippen LogP contribution < -0.4 is 10.0 Å². The maximum atomic E-state index is 12.8. The fourth-order valence-electron chi connectivity index (χ4n) is 3.67. The van der Waals surface area contributed by atoms with Crippen LogP contribution in [0.4, 0.5) is 11.6 Å². The molecule has 0 bridgehead atoms. The fourth-order valence-corrected chi connectivity index (χ4v) is 5.13. The first-order valence-corrected chi connectivity index (χ1v) is 12.4. The van der Waals surface area contributed by atoms with Crippen molar-refractivity contribution in [3.05, 3.63) is 79.5 Å². The van der Waals surface area contributed by atoms with Gasteiger partial charge < -0.3 is 9.73 Å². The normalized spacial score (nSPS) is 12.2. The van der Waals surface area contributed by atoms with Crippen LogP contribution in [-0.4, -0.2) is 33.5 Å². The molecule has 0 fully saturated rings. The molecule has 5 aromatic rings. The van der Waals surface area contributed by atoms with E-state index < -0.39 is 15.6 Å². The minimum absolute atomic E-state index is 0.194. The van der Waals surface area contributed by atoms with Crippen molar-refractivity contribution in [1.82, 2.24) is 24.3 Å². The number of nitrogens with one attached hydrogen (secondary N) is 2. The summed E-state index contributed by atoms with van der Waals surface area (Å²) >= 11 is 0. The third kappa shape index (κ3) is 4.93. The van der Waals surface area contributed by atoms with Crippen molar-refractivity contribution in [3.63, 3.8) is 0 Å². The second-order valence-corrected chi connectivity index (χ2v) is 10.8. The molecule has 0 radical (unpaired) electrons. The van der Waals surface area contributed by atoms with E-state index in [0.717, 1.165) is 28.0 Å². The van der Waals surface area contributed by atoms with Crippen LogP contribution in [0, 0.1) is 0 Å². The number of oxazole rings is 1. The molecule has 0 aliphatic carbocycles. The fraction of sp³-hybridized carbons (Fsp3) is 0.160. The van der Waals surface area contributed by atoms with Crippen LogP contribution in [0.5, 0.6) is 0 Å². The van der Waals surface area contributed by atoms with Crippen LogP contribution in [0.15, 0.2) is 88.8 Å². The Bertz CT molecular complexity index is 1580. The van der Waals surface area contributed by atoms with Crippen molar-refractivity contribution >= 4 is 27.2 Å². The highest BCUT2D eigenvalue weighted by molar-refractivity contribution is 7.89. The summed E-state index contributed by atoms with van der Waals surface area (Å²) in [5, 5.41) is 7.83. The smallest absolute Gasteiger partial charge is 0.245 e. The molecule has 178 valence electrons. The quantitative estimate of drug-likeness (QED) is 0.350. The number of rotatable bonds is 6. The summed E-state index contributed by atoms with van der Waals surface area (Å²) in [6.45, 7) is 5.42. The van der Waals surface area contributed by atoms with E-state index in [0.29, 0.717) is 11.7 Å². The molecule has 2 N–H and O–H groups in total. The second-order valence-electron chi connectivity index (χ2n) is 9.09. The lowest BCUT2D eigenvalue weighted by Gasteiger charge is -2.20. The van der Waals surface area contributed by atoms with Gasteiger partial charge in [-0.25, -0.2) is 27.6 Å². The molecule has 0 saturated heterocycles. The zero-order valence-electron chi connectivity index (χ0n) is 19.4. The minimum atomic E-state index is -3.67. The largest absolute Gasteiger partial charge is 0.444 e. The van der Waals surface area contributed by atoms with Gasteiger partial charge in [-0.05, 0) is 69.3 Å². The molecule has 35 heavy (non-hydrogen) atoms. The van der Waals surface area contributed by atoms with Crippen molar-refractivity contribution < 1.29 is 12.8 Å². The standard InChI is InChI=1S/C25H24N6O3S/c1-25(2,3)30-35(32,33)21-6-4-5-18(13-21)22-12-11-20-14-27-24(29-31(20)22)28-19-9-7-17(8-10-19)23-15-26-16-34-23/h4-16,30H,1-3H3,(H,28,29). The van der Waals surface area contributed by atoms with Crippen molar-refractivity contribution in [1.29, 1.82) is 0 Å². The summed E-state index contributed by atoms with van der Waals surface area (Å²) < 4.78 is 35.4. The van der Waals surface area contributed by atoms with Crippen molar-refractivity contribution in [2.45, 2.75) is 31.2 Å². The average Bonchev–Trinajstić information content (AvgIpc) is 3.48. The van der Waals surface area contributed by atoms with Crippen molar-refractivity contribution in [2.24, 2.45) is 0 Å². The van der Waals surface area contributed by atoms with Gasteiger partial charge in [0.2, 0.25) is 16.0 Å². The highest BCUT2D eigenvalue weighted by atomic mass is 32.2. The number of hydrogen-bond donors (Lipinski definition) is 2. The molecule has 3 heterocycles. The van der Waals surface area contributed by atoms with E-state index in [1.165, 1.54) is 6.39 Å². The Labute approximate surface area is 202 Å². The Balaban J connectivity index is 1.44. The summed E-state index contributed by atoms with van der Waals surface area (Å²) in [6, 6.07) is 18.2. The lowest BCUT2D eigenvalue weighted by Crippen LogP contribution is -2.40. The predicted molar refractivity (Wildman–Crippen MR) is 134 cm³/mol. The van der Waals surface area contributed by atoms with Gasteiger partial charge in [0.15, 0.2) is 12.2 Å². The third-order valence-electron chi connectivity index (χ3n) is 5.14. The van der Waals surface area contributed by atoms with Crippen LogP contribution >= 0.6 is 0 Å². The Morgan fingerprint density at radius 2 is 1.74 bits per heavy atom. The Morgan fingerprint density at radius 1 is 0.943 bits per heavy atom. The van der Waals surface area contributed by atoms with Gasteiger partial charge in [0, 0.05) is 22.4 Å². The molecule has 2 aromatic carbocycles. The highest BCUT2D eigenvalue weighted by Crippen LogP contribution is 2.26. The first kappa shape index (κ1) is 22.8. The summed E-state index contributed by atoms with van der Waals surface area (Å²) in [7, 11) is -3.67. The number of fused-ring (bicyclic) bond motifs is 1. The second kappa shape index (κ2) is 8.64. The Hall–Kier alpha value is -4.02. The molecule has 0 aliphatic heterocycles. The molecule has 0 atom stereocenters. The number of aromatic nitrogens is 4. The lowest BCUT2D eigenvalue weighted by atomic mass is 10.1. The van der Waals surface area contributed by atoms with E-state index in [4.69, 9.17) is 4.42 Å². The van der Waals surface area contributed by atoms with Gasteiger partial charge in [0.25, 0.3) is 0 Å². The molecule has 0 saturated carbocycles. The molecular formula is C25H24N6O3S. The minimum Gasteiger partial charge on any atom is -0.444 e. The van der Waals surface area contributed by atoms with E-state index in [1.54, 1.807) is 35.1 Å². The van der Waals surface area contributed by atoms with Crippen LogP contribution in [-0.2, 0) is 10.0 Å². The molecule has 3 aromatic heterocycles. The molecule has 9 nitrogen and oxygen atoms in total. The Morgan fingerprint density at radius 3 is 2.46 bits per heavy atom. The van der Waals surface area contributed by atoms with Gasteiger partial charge in [-0.3, -0.25) is 0 Å². The number of nitrogens with zero attached hydrogens (tertiary/aromatic N) is 4. The van der Waals surface area contributed by atoms with E-state index in [1.807, 2.05) is 63.2 Å². The number of anilines is 2. The molecular weight excluding hydrogens is 464 g/mol. The predicted octanol–water partition coefficient (Wildman–Crippen LogP) is 4.87. The first-order valence-electron chi connectivity index (χ1n) is 10.9. The maximum absolute atomic E-state index is 12.8. The van der Waals surface area contributed by atoms with Gasteiger partial charge in [-0.2, -0.15) is 0 Å². The van der Waals surface area contributed by atoms with Gasteiger partial charge in [0.05, 0.1) is 28.5 Å². The maximum Gasteiger partial charge on any atom is 0.245 e. The van der Waals surface area contributed by atoms with E-state index >= 15 is 0 Å². The summed E-state index contributed by atoms with van der Waals surface area (Å²) in [4.78, 5) is 8.53. The van der Waals surface area contributed by atoms with Crippen LogP contribution in [0.1, 0.15) is 20.8 Å².